The zero-order chi connectivity index (χ0) is 21.2. The fraction of sp³-hybridized carbons (Fsp3) is 0.360. The second-order valence-corrected chi connectivity index (χ2v) is 8.31. The van der Waals surface area contributed by atoms with E-state index in [4.69, 9.17) is 4.99 Å². The van der Waals surface area contributed by atoms with Crippen molar-refractivity contribution >= 4 is 17.1 Å². The van der Waals surface area contributed by atoms with Gasteiger partial charge in [0.15, 0.2) is 0 Å². The molecule has 6 heteroatoms. The Morgan fingerprint density at radius 3 is 2.81 bits per heavy atom. The Morgan fingerprint density at radius 1 is 1.00 bits per heavy atom. The number of anilines is 1. The van der Waals surface area contributed by atoms with Gasteiger partial charge < -0.3 is 9.88 Å². The number of halogens is 1. The molecule has 0 aromatic heterocycles. The molecule has 0 bridgehead atoms. The van der Waals surface area contributed by atoms with Gasteiger partial charge in [-0.15, -0.1) is 0 Å². The van der Waals surface area contributed by atoms with Gasteiger partial charge in [0, 0.05) is 43.1 Å². The molecule has 0 spiro atoms. The number of H-pyrrole nitrogens is 1. The lowest BCUT2D eigenvalue weighted by molar-refractivity contribution is 0.263. The van der Waals surface area contributed by atoms with Gasteiger partial charge in [0.05, 0.1) is 17.0 Å². The normalized spacial score (nSPS) is 17.3. The average Bonchev–Trinajstić information content (AvgIpc) is 2.97. The SMILES string of the molecule is O=c1[nH]c2cccccc-2c1C1=Nc2cc(N3CCCN(CCF)CC3)ccc2CC1. The maximum absolute atomic E-state index is 12.7. The summed E-state index contributed by atoms with van der Waals surface area (Å²) in [5.74, 6) is 0. The quantitative estimate of drug-likeness (QED) is 0.696. The smallest absolute Gasteiger partial charge is 0.258 e. The fourth-order valence-corrected chi connectivity index (χ4v) is 4.74. The summed E-state index contributed by atoms with van der Waals surface area (Å²) in [7, 11) is 0. The Bertz CT molecular complexity index is 1140. The lowest BCUT2D eigenvalue weighted by Gasteiger charge is -2.25. The van der Waals surface area contributed by atoms with Crippen molar-refractivity contribution in [1.82, 2.24) is 9.88 Å². The van der Waals surface area contributed by atoms with Gasteiger partial charge in [-0.05, 0) is 49.6 Å². The molecule has 1 fully saturated rings. The van der Waals surface area contributed by atoms with Crippen molar-refractivity contribution < 1.29 is 4.39 Å². The van der Waals surface area contributed by atoms with Crippen LogP contribution in [0.15, 0.2) is 58.3 Å². The van der Waals surface area contributed by atoms with Gasteiger partial charge in [-0.2, -0.15) is 0 Å². The Morgan fingerprint density at radius 2 is 1.90 bits per heavy atom. The molecule has 31 heavy (non-hydrogen) atoms. The first kappa shape index (κ1) is 19.9. The summed E-state index contributed by atoms with van der Waals surface area (Å²) >= 11 is 0. The standard InChI is InChI=1S/C25H27FN4O/c26-11-14-29-12-4-13-30(16-15-29)19-9-7-18-8-10-22(27-23(18)17-19)24-20-5-2-1-3-6-21(20)28-25(24)31/h1-3,5-7,9,17H,4,8,10-16H2,(H,28,31). The summed E-state index contributed by atoms with van der Waals surface area (Å²) in [4.78, 5) is 25.2. The van der Waals surface area contributed by atoms with Crippen LogP contribution < -0.4 is 10.5 Å². The average molecular weight is 419 g/mol. The van der Waals surface area contributed by atoms with E-state index >= 15 is 0 Å². The van der Waals surface area contributed by atoms with Crippen LogP contribution in [0.3, 0.4) is 0 Å². The Labute approximate surface area is 181 Å². The van der Waals surface area contributed by atoms with Crippen LogP contribution in [-0.4, -0.2) is 55.0 Å². The molecule has 4 aliphatic rings. The lowest BCUT2D eigenvalue weighted by Crippen LogP contribution is -2.32. The first-order valence-corrected chi connectivity index (χ1v) is 11.1. The number of nitrogens with one attached hydrogen (secondary N) is 1. The van der Waals surface area contributed by atoms with Crippen LogP contribution >= 0.6 is 0 Å². The summed E-state index contributed by atoms with van der Waals surface area (Å²) < 4.78 is 12.7. The summed E-state index contributed by atoms with van der Waals surface area (Å²) in [6.45, 7) is 3.90. The fourth-order valence-electron chi connectivity index (χ4n) is 4.74. The highest BCUT2D eigenvalue weighted by atomic mass is 19.1. The molecule has 1 N–H and O–H groups in total. The van der Waals surface area contributed by atoms with E-state index in [-0.39, 0.29) is 12.2 Å². The third-order valence-electron chi connectivity index (χ3n) is 6.38. The van der Waals surface area contributed by atoms with Crippen LogP contribution in [0.25, 0.3) is 11.3 Å². The van der Waals surface area contributed by atoms with E-state index < -0.39 is 0 Å². The predicted molar refractivity (Wildman–Crippen MR) is 124 cm³/mol. The monoisotopic (exact) mass is 418 g/mol. The number of fused-ring (bicyclic) bond motifs is 2. The second kappa shape index (κ2) is 8.63. The topological polar surface area (TPSA) is 51.7 Å². The Balaban J connectivity index is 1.46. The molecule has 0 saturated carbocycles. The van der Waals surface area contributed by atoms with Gasteiger partial charge >= 0.3 is 0 Å². The molecule has 0 atom stereocenters. The largest absolute Gasteiger partial charge is 0.370 e. The maximum atomic E-state index is 12.7. The molecule has 3 heterocycles. The highest BCUT2D eigenvalue weighted by molar-refractivity contribution is 6.08. The number of alkyl halides is 1. The van der Waals surface area contributed by atoms with Crippen LogP contribution in [0.2, 0.25) is 0 Å². The molecule has 1 saturated heterocycles. The van der Waals surface area contributed by atoms with E-state index in [0.717, 1.165) is 73.8 Å². The number of benzene rings is 1. The molecule has 1 aliphatic carbocycles. The Kier molecular flexibility index (Phi) is 5.55. The van der Waals surface area contributed by atoms with Crippen LogP contribution in [0.5, 0.6) is 0 Å². The lowest BCUT2D eigenvalue weighted by atomic mass is 9.95. The van der Waals surface area contributed by atoms with E-state index in [1.165, 1.54) is 5.56 Å². The molecule has 0 radical (unpaired) electrons. The van der Waals surface area contributed by atoms with Gasteiger partial charge in [0.1, 0.15) is 6.67 Å². The van der Waals surface area contributed by atoms with Gasteiger partial charge in [0.2, 0.25) is 0 Å². The van der Waals surface area contributed by atoms with Crippen molar-refractivity contribution in [3.8, 4) is 11.3 Å². The van der Waals surface area contributed by atoms with E-state index in [9.17, 15) is 9.18 Å². The van der Waals surface area contributed by atoms with Crippen molar-refractivity contribution in [3.05, 3.63) is 70.0 Å². The van der Waals surface area contributed by atoms with E-state index in [1.54, 1.807) is 0 Å². The summed E-state index contributed by atoms with van der Waals surface area (Å²) in [5.41, 5.74) is 6.58. The summed E-state index contributed by atoms with van der Waals surface area (Å²) in [5, 5.41) is 0. The first-order chi connectivity index (χ1) is 15.2. The molecular formula is C25H27FN4O. The molecule has 5 nitrogen and oxygen atoms in total. The molecular weight excluding hydrogens is 391 g/mol. The molecule has 5 rings (SSSR count). The Hall–Kier alpha value is -2.99. The van der Waals surface area contributed by atoms with E-state index in [2.05, 4.69) is 33.0 Å². The molecule has 3 aliphatic heterocycles. The molecule has 1 aromatic carbocycles. The zero-order valence-corrected chi connectivity index (χ0v) is 17.6. The molecule has 1 aromatic rings. The van der Waals surface area contributed by atoms with Crippen molar-refractivity contribution in [2.24, 2.45) is 4.99 Å². The number of aromatic amines is 1. The van der Waals surface area contributed by atoms with Crippen LogP contribution in [0.1, 0.15) is 24.0 Å². The van der Waals surface area contributed by atoms with Gasteiger partial charge in [-0.25, -0.2) is 4.39 Å². The summed E-state index contributed by atoms with van der Waals surface area (Å²) in [6.07, 6.45) is 2.66. The number of rotatable bonds is 4. The van der Waals surface area contributed by atoms with Gasteiger partial charge in [0.25, 0.3) is 5.56 Å². The van der Waals surface area contributed by atoms with E-state index in [0.29, 0.717) is 12.1 Å². The minimum Gasteiger partial charge on any atom is -0.370 e. The first-order valence-electron chi connectivity index (χ1n) is 11.1. The second-order valence-electron chi connectivity index (χ2n) is 8.31. The maximum Gasteiger partial charge on any atom is 0.258 e. The number of aromatic nitrogens is 1. The zero-order valence-electron chi connectivity index (χ0n) is 17.6. The van der Waals surface area contributed by atoms with Crippen molar-refractivity contribution in [3.63, 3.8) is 0 Å². The minimum absolute atomic E-state index is 0.0694. The van der Waals surface area contributed by atoms with Crippen molar-refractivity contribution in [1.29, 1.82) is 0 Å². The molecule has 160 valence electrons. The summed E-state index contributed by atoms with van der Waals surface area (Å²) in [6, 6.07) is 16.3. The van der Waals surface area contributed by atoms with Crippen LogP contribution in [-0.2, 0) is 6.42 Å². The van der Waals surface area contributed by atoms with Crippen molar-refractivity contribution in [2.45, 2.75) is 19.3 Å². The highest BCUT2D eigenvalue weighted by Gasteiger charge is 2.23. The minimum atomic E-state index is -0.288. The highest BCUT2D eigenvalue weighted by Crippen LogP contribution is 2.33. The third kappa shape index (κ3) is 4.00. The molecule has 0 amide bonds. The number of hydrogen-bond donors (Lipinski definition) is 1. The van der Waals surface area contributed by atoms with Crippen LogP contribution in [0.4, 0.5) is 15.8 Å². The number of nitrogens with zero attached hydrogens (tertiary/aromatic N) is 3. The molecule has 0 unspecified atom stereocenters. The van der Waals surface area contributed by atoms with Gasteiger partial charge in [-0.3, -0.25) is 14.7 Å². The number of aryl methyl sites for hydroxylation is 1. The van der Waals surface area contributed by atoms with Crippen LogP contribution in [0, 0.1) is 0 Å². The number of hydrogen-bond acceptors (Lipinski definition) is 4. The van der Waals surface area contributed by atoms with E-state index in [1.807, 2.05) is 30.3 Å². The van der Waals surface area contributed by atoms with Crippen molar-refractivity contribution in [2.75, 3.05) is 44.3 Å². The third-order valence-corrected chi connectivity index (χ3v) is 6.38. The van der Waals surface area contributed by atoms with Gasteiger partial charge in [-0.1, -0.05) is 30.3 Å². The predicted octanol–water partition coefficient (Wildman–Crippen LogP) is 4.03. The number of aliphatic imine (C=N–C) groups is 1.